The quantitative estimate of drug-likeness (QED) is 0.662. The zero-order valence-electron chi connectivity index (χ0n) is 15.6. The number of hydrogen-bond acceptors (Lipinski definition) is 7. The van der Waals surface area contributed by atoms with Crippen molar-refractivity contribution in [3.8, 4) is 11.7 Å². The first kappa shape index (κ1) is 17.9. The van der Waals surface area contributed by atoms with E-state index in [1.807, 2.05) is 28.7 Å². The molecular weight excluding hydrogens is 358 g/mol. The molecule has 144 valence electrons. The van der Waals surface area contributed by atoms with E-state index in [9.17, 15) is 4.79 Å². The monoisotopic (exact) mass is 379 g/mol. The minimum absolute atomic E-state index is 0.0167. The second-order valence-electron chi connectivity index (χ2n) is 6.30. The summed E-state index contributed by atoms with van der Waals surface area (Å²) in [4.78, 5) is 33.6. The van der Waals surface area contributed by atoms with E-state index in [1.54, 1.807) is 37.2 Å². The Morgan fingerprint density at radius 1 is 1.11 bits per heavy atom. The molecule has 28 heavy (non-hydrogen) atoms. The van der Waals surface area contributed by atoms with Crippen LogP contribution in [0.1, 0.15) is 17.3 Å². The van der Waals surface area contributed by atoms with Crippen molar-refractivity contribution < 1.29 is 9.53 Å². The number of piperazine rings is 1. The molecule has 0 aliphatic carbocycles. The minimum Gasteiger partial charge on any atom is -0.478 e. The maximum atomic E-state index is 12.7. The molecule has 1 saturated heterocycles. The molecule has 9 nitrogen and oxygen atoms in total. The Hall–Kier alpha value is -3.49. The Balaban J connectivity index is 1.39. The summed E-state index contributed by atoms with van der Waals surface area (Å²) < 4.78 is 7.16. The number of nitrogens with zero attached hydrogens (tertiary/aromatic N) is 7. The molecule has 0 aromatic carbocycles. The van der Waals surface area contributed by atoms with E-state index in [0.717, 1.165) is 11.6 Å². The zero-order valence-corrected chi connectivity index (χ0v) is 15.6. The van der Waals surface area contributed by atoms with Gasteiger partial charge in [0.1, 0.15) is 24.3 Å². The van der Waals surface area contributed by atoms with Crippen molar-refractivity contribution in [3.63, 3.8) is 0 Å². The molecule has 1 amide bonds. The third kappa shape index (κ3) is 3.78. The van der Waals surface area contributed by atoms with Crippen molar-refractivity contribution in [3.05, 3.63) is 55.0 Å². The Labute approximate surface area is 162 Å². The minimum atomic E-state index is -0.0167. The standard InChI is InChI=1S/C19H21N7O2/c1-2-28-18-4-3-15(12-21-18)19(27)25-9-7-24(8-10-25)16-11-17(23-13-22-16)26-6-5-20-14-26/h3-6,11-14H,2,7-10H2,1H3. The van der Waals surface area contributed by atoms with Crippen LogP contribution in [-0.4, -0.2) is 68.1 Å². The summed E-state index contributed by atoms with van der Waals surface area (Å²) in [5, 5.41) is 0. The number of pyridine rings is 1. The molecule has 0 unspecified atom stereocenters. The summed E-state index contributed by atoms with van der Waals surface area (Å²) in [5.41, 5.74) is 0.571. The second kappa shape index (κ2) is 8.03. The van der Waals surface area contributed by atoms with Gasteiger partial charge in [0.25, 0.3) is 5.91 Å². The highest BCUT2D eigenvalue weighted by Crippen LogP contribution is 2.17. The summed E-state index contributed by atoms with van der Waals surface area (Å²) in [5.74, 6) is 2.12. The van der Waals surface area contributed by atoms with E-state index in [1.165, 1.54) is 0 Å². The van der Waals surface area contributed by atoms with Crippen molar-refractivity contribution in [1.82, 2.24) is 29.4 Å². The number of amides is 1. The van der Waals surface area contributed by atoms with Gasteiger partial charge in [0.05, 0.1) is 12.2 Å². The summed E-state index contributed by atoms with van der Waals surface area (Å²) in [6.07, 6.45) is 8.37. The molecule has 3 aromatic rings. The van der Waals surface area contributed by atoms with Gasteiger partial charge in [-0.2, -0.15) is 0 Å². The maximum absolute atomic E-state index is 12.7. The van der Waals surface area contributed by atoms with Crippen molar-refractivity contribution in [2.75, 3.05) is 37.7 Å². The van der Waals surface area contributed by atoms with Crippen LogP contribution >= 0.6 is 0 Å². The highest BCUT2D eigenvalue weighted by molar-refractivity contribution is 5.94. The van der Waals surface area contributed by atoms with Gasteiger partial charge in [0.2, 0.25) is 5.88 Å². The van der Waals surface area contributed by atoms with Crippen LogP contribution in [0, 0.1) is 0 Å². The molecule has 4 heterocycles. The summed E-state index contributed by atoms with van der Waals surface area (Å²) in [7, 11) is 0. The SMILES string of the molecule is CCOc1ccc(C(=O)N2CCN(c3cc(-n4ccnc4)ncn3)CC2)cn1. The fourth-order valence-electron chi connectivity index (χ4n) is 3.11. The predicted octanol–water partition coefficient (Wildman–Crippen LogP) is 1.42. The molecule has 0 atom stereocenters. The van der Waals surface area contributed by atoms with Crippen LogP contribution in [-0.2, 0) is 0 Å². The van der Waals surface area contributed by atoms with Crippen LogP contribution in [0.4, 0.5) is 5.82 Å². The van der Waals surface area contributed by atoms with Crippen LogP contribution in [0.15, 0.2) is 49.4 Å². The Morgan fingerprint density at radius 2 is 1.93 bits per heavy atom. The Bertz CT molecular complexity index is 920. The smallest absolute Gasteiger partial charge is 0.255 e. The van der Waals surface area contributed by atoms with Crippen LogP contribution in [0.3, 0.4) is 0 Å². The number of anilines is 1. The van der Waals surface area contributed by atoms with E-state index < -0.39 is 0 Å². The summed E-state index contributed by atoms with van der Waals surface area (Å²) in [6.45, 7) is 5.10. The lowest BCUT2D eigenvalue weighted by atomic mass is 10.2. The van der Waals surface area contributed by atoms with Gasteiger partial charge in [-0.15, -0.1) is 0 Å². The van der Waals surface area contributed by atoms with E-state index >= 15 is 0 Å². The zero-order chi connectivity index (χ0) is 19.3. The van der Waals surface area contributed by atoms with Crippen molar-refractivity contribution in [2.24, 2.45) is 0 Å². The average Bonchev–Trinajstić information content (AvgIpc) is 3.29. The lowest BCUT2D eigenvalue weighted by Gasteiger charge is -2.35. The number of aromatic nitrogens is 5. The molecule has 9 heteroatoms. The Kier molecular flexibility index (Phi) is 5.14. The normalized spacial score (nSPS) is 14.2. The lowest BCUT2D eigenvalue weighted by molar-refractivity contribution is 0.0746. The number of ether oxygens (including phenoxy) is 1. The molecule has 0 bridgehead atoms. The third-order valence-electron chi connectivity index (χ3n) is 4.57. The summed E-state index contributed by atoms with van der Waals surface area (Å²) in [6, 6.07) is 5.41. The first-order valence-electron chi connectivity index (χ1n) is 9.18. The van der Waals surface area contributed by atoms with Gasteiger partial charge in [-0.3, -0.25) is 9.36 Å². The van der Waals surface area contributed by atoms with Gasteiger partial charge < -0.3 is 14.5 Å². The van der Waals surface area contributed by atoms with Crippen molar-refractivity contribution >= 4 is 11.7 Å². The molecule has 1 aliphatic heterocycles. The molecule has 0 saturated carbocycles. The molecule has 1 aliphatic rings. The average molecular weight is 379 g/mol. The molecule has 0 N–H and O–H groups in total. The Morgan fingerprint density at radius 3 is 2.61 bits per heavy atom. The number of carbonyl (C=O) groups excluding carboxylic acids is 1. The maximum Gasteiger partial charge on any atom is 0.255 e. The molecule has 0 radical (unpaired) electrons. The molecule has 0 spiro atoms. The van der Waals surface area contributed by atoms with Crippen LogP contribution in [0.2, 0.25) is 0 Å². The van der Waals surface area contributed by atoms with E-state index in [0.29, 0.717) is 44.2 Å². The van der Waals surface area contributed by atoms with Crippen LogP contribution in [0.5, 0.6) is 5.88 Å². The predicted molar refractivity (Wildman–Crippen MR) is 103 cm³/mol. The highest BCUT2D eigenvalue weighted by Gasteiger charge is 2.23. The fourth-order valence-corrected chi connectivity index (χ4v) is 3.11. The van der Waals surface area contributed by atoms with Gasteiger partial charge in [-0.25, -0.2) is 19.9 Å². The van der Waals surface area contributed by atoms with Crippen molar-refractivity contribution in [2.45, 2.75) is 6.92 Å². The molecule has 1 fully saturated rings. The van der Waals surface area contributed by atoms with E-state index in [4.69, 9.17) is 4.74 Å². The fraction of sp³-hybridized carbons (Fsp3) is 0.316. The van der Waals surface area contributed by atoms with Gasteiger partial charge in [0, 0.05) is 56.9 Å². The van der Waals surface area contributed by atoms with E-state index in [-0.39, 0.29) is 5.91 Å². The summed E-state index contributed by atoms with van der Waals surface area (Å²) >= 11 is 0. The topological polar surface area (TPSA) is 89.3 Å². The van der Waals surface area contributed by atoms with Gasteiger partial charge >= 0.3 is 0 Å². The number of rotatable bonds is 5. The van der Waals surface area contributed by atoms with Crippen molar-refractivity contribution in [1.29, 1.82) is 0 Å². The first-order chi connectivity index (χ1) is 13.7. The first-order valence-corrected chi connectivity index (χ1v) is 9.18. The molecular formula is C19H21N7O2. The van der Waals surface area contributed by atoms with Crippen LogP contribution in [0.25, 0.3) is 5.82 Å². The van der Waals surface area contributed by atoms with Gasteiger partial charge in [-0.05, 0) is 13.0 Å². The van der Waals surface area contributed by atoms with Gasteiger partial charge in [-0.1, -0.05) is 0 Å². The van der Waals surface area contributed by atoms with Crippen LogP contribution < -0.4 is 9.64 Å². The van der Waals surface area contributed by atoms with Gasteiger partial charge in [0.15, 0.2) is 0 Å². The second-order valence-corrected chi connectivity index (χ2v) is 6.30. The highest BCUT2D eigenvalue weighted by atomic mass is 16.5. The number of imidazole rings is 1. The molecule has 3 aromatic heterocycles. The third-order valence-corrected chi connectivity index (χ3v) is 4.57. The number of hydrogen-bond donors (Lipinski definition) is 0. The number of carbonyl (C=O) groups is 1. The van der Waals surface area contributed by atoms with E-state index in [2.05, 4.69) is 24.8 Å². The lowest BCUT2D eigenvalue weighted by Crippen LogP contribution is -2.49. The molecule has 4 rings (SSSR count). The largest absolute Gasteiger partial charge is 0.478 e.